The Hall–Kier alpha value is -1.75. The summed E-state index contributed by atoms with van der Waals surface area (Å²) in [4.78, 5) is 19.9. The molecule has 2 aromatic rings. The maximum atomic E-state index is 11.0. The first-order valence-electron chi connectivity index (χ1n) is 7.17. The van der Waals surface area contributed by atoms with Gasteiger partial charge in [0.05, 0.1) is 12.1 Å². The second kappa shape index (κ2) is 7.31. The number of nitrogens with two attached hydrogens (primary N) is 1. The molecule has 0 bridgehead atoms. The number of amides is 1. The van der Waals surface area contributed by atoms with Crippen LogP contribution < -0.4 is 5.73 Å². The van der Waals surface area contributed by atoms with Crippen molar-refractivity contribution >= 4 is 17.7 Å². The molecule has 0 atom stereocenters. The fourth-order valence-electron chi connectivity index (χ4n) is 2.01. The van der Waals surface area contributed by atoms with Crippen molar-refractivity contribution in [1.29, 1.82) is 0 Å². The van der Waals surface area contributed by atoms with E-state index in [4.69, 9.17) is 5.73 Å². The molecule has 21 heavy (non-hydrogen) atoms. The first kappa shape index (κ1) is 15.6. The Morgan fingerprint density at radius 3 is 2.67 bits per heavy atom. The maximum absolute atomic E-state index is 11.0. The third-order valence-corrected chi connectivity index (χ3v) is 4.32. The highest BCUT2D eigenvalue weighted by Gasteiger charge is 2.10. The number of aromatic nitrogens is 2. The zero-order valence-corrected chi connectivity index (χ0v) is 13.3. The summed E-state index contributed by atoms with van der Waals surface area (Å²) in [5.74, 6) is 1.58. The van der Waals surface area contributed by atoms with Gasteiger partial charge in [0.25, 0.3) is 0 Å². The molecule has 0 unspecified atom stereocenters. The number of hydrogen-bond donors (Lipinski definition) is 2. The molecule has 0 aliphatic rings. The minimum absolute atomic E-state index is 0.174. The summed E-state index contributed by atoms with van der Waals surface area (Å²) in [5, 5.41) is 0. The largest absolute Gasteiger partial charge is 0.369 e. The molecule has 0 fully saturated rings. The summed E-state index contributed by atoms with van der Waals surface area (Å²) < 4.78 is 0. The molecular formula is C16H21N3OS. The molecule has 0 radical (unpaired) electrons. The van der Waals surface area contributed by atoms with Gasteiger partial charge in [-0.25, -0.2) is 4.98 Å². The topological polar surface area (TPSA) is 71.8 Å². The van der Waals surface area contributed by atoms with Gasteiger partial charge in [0.2, 0.25) is 5.91 Å². The van der Waals surface area contributed by atoms with Crippen LogP contribution >= 0.6 is 11.8 Å². The number of benzene rings is 1. The molecule has 5 heteroatoms. The number of nitrogens with zero attached hydrogens (tertiary/aromatic N) is 1. The molecule has 1 amide bonds. The summed E-state index contributed by atoms with van der Waals surface area (Å²) in [6.45, 7) is 4.11. The second-order valence-corrected chi connectivity index (χ2v) is 6.19. The Morgan fingerprint density at radius 2 is 2.05 bits per heavy atom. The van der Waals surface area contributed by atoms with Crippen LogP contribution in [0.2, 0.25) is 0 Å². The molecule has 4 nitrogen and oxygen atoms in total. The van der Waals surface area contributed by atoms with Crippen LogP contribution in [0.25, 0.3) is 11.4 Å². The van der Waals surface area contributed by atoms with Crippen molar-refractivity contribution in [2.45, 2.75) is 38.0 Å². The molecule has 0 spiro atoms. The van der Waals surface area contributed by atoms with Gasteiger partial charge < -0.3 is 10.7 Å². The van der Waals surface area contributed by atoms with Crippen LogP contribution in [0.4, 0.5) is 0 Å². The van der Waals surface area contributed by atoms with Crippen LogP contribution in [0.15, 0.2) is 29.2 Å². The number of rotatable bonds is 7. The van der Waals surface area contributed by atoms with Crippen LogP contribution in [0.3, 0.4) is 0 Å². The molecule has 112 valence electrons. The molecule has 1 heterocycles. The van der Waals surface area contributed by atoms with E-state index in [1.165, 1.54) is 17.7 Å². The van der Waals surface area contributed by atoms with E-state index in [-0.39, 0.29) is 12.3 Å². The number of hydrogen-bond acceptors (Lipinski definition) is 3. The predicted molar refractivity (Wildman–Crippen MR) is 87.3 cm³/mol. The lowest BCUT2D eigenvalue weighted by molar-refractivity contribution is -0.117. The van der Waals surface area contributed by atoms with Gasteiger partial charge in [-0.1, -0.05) is 25.5 Å². The molecular weight excluding hydrogens is 282 g/mol. The molecule has 3 N–H and O–H groups in total. The zero-order chi connectivity index (χ0) is 15.2. The van der Waals surface area contributed by atoms with E-state index < -0.39 is 0 Å². The number of imidazole rings is 1. The highest BCUT2D eigenvalue weighted by molar-refractivity contribution is 7.99. The van der Waals surface area contributed by atoms with Crippen LogP contribution in [-0.2, 0) is 11.2 Å². The van der Waals surface area contributed by atoms with Gasteiger partial charge in [-0.3, -0.25) is 4.79 Å². The van der Waals surface area contributed by atoms with Crippen molar-refractivity contribution in [3.8, 4) is 11.4 Å². The van der Waals surface area contributed by atoms with Crippen molar-refractivity contribution in [2.75, 3.05) is 5.75 Å². The van der Waals surface area contributed by atoms with Gasteiger partial charge in [0.1, 0.15) is 5.82 Å². The second-order valence-electron chi connectivity index (χ2n) is 5.03. The minimum atomic E-state index is -0.362. The predicted octanol–water partition coefficient (Wildman–Crippen LogP) is 3.31. The van der Waals surface area contributed by atoms with Crippen molar-refractivity contribution in [2.24, 2.45) is 5.73 Å². The number of aryl methyl sites for hydroxylation is 1. The number of carbonyl (C=O) groups is 1. The number of carbonyl (C=O) groups excluding carboxylic acids is 1. The Balaban J connectivity index is 2.09. The van der Waals surface area contributed by atoms with Gasteiger partial charge in [-0.15, -0.1) is 11.8 Å². The van der Waals surface area contributed by atoms with Crippen molar-refractivity contribution in [3.05, 3.63) is 35.7 Å². The third-order valence-electron chi connectivity index (χ3n) is 3.22. The molecule has 1 aromatic heterocycles. The van der Waals surface area contributed by atoms with Crippen LogP contribution in [0, 0.1) is 6.92 Å². The normalized spacial score (nSPS) is 10.8. The van der Waals surface area contributed by atoms with E-state index in [1.54, 1.807) is 0 Å². The van der Waals surface area contributed by atoms with Gasteiger partial charge in [-0.05, 0) is 31.2 Å². The highest BCUT2D eigenvalue weighted by Crippen LogP contribution is 2.24. The first-order chi connectivity index (χ1) is 10.1. The monoisotopic (exact) mass is 303 g/mol. The van der Waals surface area contributed by atoms with E-state index in [0.29, 0.717) is 0 Å². The lowest BCUT2D eigenvalue weighted by Crippen LogP contribution is -2.14. The lowest BCUT2D eigenvalue weighted by Gasteiger charge is -2.02. The number of aromatic amines is 1. The zero-order valence-electron chi connectivity index (χ0n) is 12.5. The summed E-state index contributed by atoms with van der Waals surface area (Å²) >= 11 is 1.87. The number of nitrogens with one attached hydrogen (secondary N) is 1. The van der Waals surface area contributed by atoms with Crippen LogP contribution in [0.5, 0.6) is 0 Å². The molecule has 0 aliphatic carbocycles. The fourth-order valence-corrected chi connectivity index (χ4v) is 3.01. The van der Waals surface area contributed by atoms with Crippen LogP contribution in [0.1, 0.15) is 31.2 Å². The summed E-state index contributed by atoms with van der Waals surface area (Å²) in [7, 11) is 0. The minimum Gasteiger partial charge on any atom is -0.369 e. The van der Waals surface area contributed by atoms with Crippen molar-refractivity contribution in [3.63, 3.8) is 0 Å². The van der Waals surface area contributed by atoms with Crippen LogP contribution in [-0.4, -0.2) is 21.6 Å². The van der Waals surface area contributed by atoms with Gasteiger partial charge in [-0.2, -0.15) is 0 Å². The Kier molecular flexibility index (Phi) is 5.44. The Morgan fingerprint density at radius 1 is 1.33 bits per heavy atom. The van der Waals surface area contributed by atoms with E-state index in [9.17, 15) is 4.79 Å². The summed E-state index contributed by atoms with van der Waals surface area (Å²) in [6, 6.07) is 8.34. The van der Waals surface area contributed by atoms with E-state index >= 15 is 0 Å². The highest BCUT2D eigenvalue weighted by atomic mass is 32.2. The van der Waals surface area contributed by atoms with Gasteiger partial charge in [0.15, 0.2) is 0 Å². The Bertz CT molecular complexity index is 604. The number of H-pyrrole nitrogens is 1. The van der Waals surface area contributed by atoms with Crippen molar-refractivity contribution in [1.82, 2.24) is 9.97 Å². The SMILES string of the molecule is CCCCSc1ccc(-c2nc(CC(N)=O)c(C)[nH]2)cc1. The van der Waals surface area contributed by atoms with Crippen molar-refractivity contribution < 1.29 is 4.79 Å². The molecule has 0 saturated heterocycles. The number of unbranched alkanes of at least 4 members (excludes halogenated alkanes) is 1. The smallest absolute Gasteiger partial charge is 0.223 e. The average molecular weight is 303 g/mol. The van der Waals surface area contributed by atoms with Gasteiger partial charge in [0, 0.05) is 16.2 Å². The average Bonchev–Trinajstić information content (AvgIpc) is 2.80. The third kappa shape index (κ3) is 4.36. The number of primary amides is 1. The maximum Gasteiger partial charge on any atom is 0.223 e. The first-order valence-corrected chi connectivity index (χ1v) is 8.15. The Labute approximate surface area is 129 Å². The molecule has 0 aliphatic heterocycles. The molecule has 1 aromatic carbocycles. The summed E-state index contributed by atoms with van der Waals surface area (Å²) in [5.41, 5.74) is 7.86. The van der Waals surface area contributed by atoms with E-state index in [1.807, 2.05) is 18.7 Å². The quantitative estimate of drug-likeness (QED) is 0.609. The molecule has 0 saturated carbocycles. The standard InChI is InChI=1S/C16H21N3OS/c1-3-4-9-21-13-7-5-12(6-8-13)16-18-11(2)14(19-16)10-15(17)20/h5-8H,3-4,9-10H2,1-2H3,(H2,17,20)(H,18,19). The lowest BCUT2D eigenvalue weighted by atomic mass is 10.2. The van der Waals surface area contributed by atoms with E-state index in [0.717, 1.165) is 28.5 Å². The number of thioether (sulfide) groups is 1. The van der Waals surface area contributed by atoms with Gasteiger partial charge >= 0.3 is 0 Å². The fraction of sp³-hybridized carbons (Fsp3) is 0.375. The summed E-state index contributed by atoms with van der Waals surface area (Å²) in [6.07, 6.45) is 2.63. The molecule has 2 rings (SSSR count). The van der Waals surface area contributed by atoms with E-state index in [2.05, 4.69) is 41.2 Å².